The summed E-state index contributed by atoms with van der Waals surface area (Å²) in [5, 5.41) is 11.9. The first-order valence-electron chi connectivity index (χ1n) is 8.59. The molecule has 1 aromatic heterocycles. The highest BCUT2D eigenvalue weighted by Crippen LogP contribution is 2.34. The van der Waals surface area contributed by atoms with Crippen molar-refractivity contribution in [1.29, 1.82) is 0 Å². The monoisotopic (exact) mass is 429 g/mol. The number of carbonyl (C=O) groups is 2. The van der Waals surface area contributed by atoms with Crippen LogP contribution in [-0.4, -0.2) is 41.9 Å². The Kier molecular flexibility index (Phi) is 6.84. The number of ketones is 1. The van der Waals surface area contributed by atoms with Crippen LogP contribution in [0.15, 0.2) is 46.8 Å². The number of Topliss-reactive ketones (excluding diaryl/α,β-unsaturated/α-hetero) is 1. The zero-order valence-electron chi connectivity index (χ0n) is 16.1. The fourth-order valence-corrected chi connectivity index (χ4v) is 4.07. The van der Waals surface area contributed by atoms with Crippen molar-refractivity contribution in [1.82, 2.24) is 10.2 Å². The number of methoxy groups -OCH3 is 2. The van der Waals surface area contributed by atoms with Gasteiger partial charge in [-0.25, -0.2) is 0 Å². The third kappa shape index (κ3) is 5.55. The second-order valence-corrected chi connectivity index (χ2v) is 8.14. The van der Waals surface area contributed by atoms with E-state index in [1.54, 1.807) is 44.6 Å². The molecule has 0 aliphatic carbocycles. The normalized spacial score (nSPS) is 10.4. The zero-order valence-corrected chi connectivity index (χ0v) is 17.7. The Bertz CT molecular complexity index is 997. The number of rotatable bonds is 8. The summed E-state index contributed by atoms with van der Waals surface area (Å²) in [6.07, 6.45) is 0. The van der Waals surface area contributed by atoms with Crippen molar-refractivity contribution >= 4 is 40.5 Å². The number of nitrogens with zero attached hydrogens (tertiary/aromatic N) is 2. The molecular weight excluding hydrogens is 410 g/mol. The fourth-order valence-electron chi connectivity index (χ4n) is 2.43. The Morgan fingerprint density at radius 3 is 2.28 bits per heavy atom. The molecule has 150 valence electrons. The summed E-state index contributed by atoms with van der Waals surface area (Å²) in [6, 6.07) is 12.3. The zero-order chi connectivity index (χ0) is 20.8. The lowest BCUT2D eigenvalue weighted by atomic mass is 10.1. The standard InChI is InChI=1S/C20H19N3O4S2/c1-12(24)13-4-6-15(7-5-13)21-18(25)11-28-20-23-22-19(29-20)14-8-16(26-2)10-17(9-14)27-3/h4-10H,11H2,1-3H3,(H,21,25). The summed E-state index contributed by atoms with van der Waals surface area (Å²) in [5.41, 5.74) is 2.08. The molecule has 0 saturated carbocycles. The van der Waals surface area contributed by atoms with E-state index in [2.05, 4.69) is 15.5 Å². The van der Waals surface area contributed by atoms with Crippen LogP contribution in [0.25, 0.3) is 10.6 Å². The molecular formula is C20H19N3O4S2. The quantitative estimate of drug-likeness (QED) is 0.425. The second-order valence-electron chi connectivity index (χ2n) is 5.94. The summed E-state index contributed by atoms with van der Waals surface area (Å²) >= 11 is 2.70. The number of hydrogen-bond donors (Lipinski definition) is 1. The molecule has 0 aliphatic heterocycles. The highest BCUT2D eigenvalue weighted by atomic mass is 32.2. The minimum Gasteiger partial charge on any atom is -0.497 e. The van der Waals surface area contributed by atoms with Crippen LogP contribution < -0.4 is 14.8 Å². The van der Waals surface area contributed by atoms with Crippen LogP contribution in [-0.2, 0) is 4.79 Å². The number of ether oxygens (including phenoxy) is 2. The van der Waals surface area contributed by atoms with Gasteiger partial charge in [-0.3, -0.25) is 9.59 Å². The molecule has 7 nitrogen and oxygen atoms in total. The van der Waals surface area contributed by atoms with Crippen molar-refractivity contribution in [3.05, 3.63) is 48.0 Å². The van der Waals surface area contributed by atoms with E-state index >= 15 is 0 Å². The van der Waals surface area contributed by atoms with Gasteiger partial charge in [-0.1, -0.05) is 23.1 Å². The first kappa shape index (κ1) is 20.8. The lowest BCUT2D eigenvalue weighted by Gasteiger charge is -2.06. The van der Waals surface area contributed by atoms with Crippen LogP contribution in [0, 0.1) is 0 Å². The summed E-state index contributed by atoms with van der Waals surface area (Å²) in [6.45, 7) is 1.50. The van der Waals surface area contributed by atoms with Gasteiger partial charge in [-0.05, 0) is 43.3 Å². The third-order valence-corrected chi connectivity index (χ3v) is 6.01. The van der Waals surface area contributed by atoms with Gasteiger partial charge in [0.2, 0.25) is 5.91 Å². The second kappa shape index (κ2) is 9.53. The molecule has 0 saturated heterocycles. The molecule has 2 aromatic carbocycles. The van der Waals surface area contributed by atoms with Crippen LogP contribution in [0.1, 0.15) is 17.3 Å². The third-order valence-electron chi connectivity index (χ3n) is 3.91. The lowest BCUT2D eigenvalue weighted by Crippen LogP contribution is -2.14. The Balaban J connectivity index is 1.60. The molecule has 29 heavy (non-hydrogen) atoms. The largest absolute Gasteiger partial charge is 0.497 e. The van der Waals surface area contributed by atoms with E-state index in [9.17, 15) is 9.59 Å². The van der Waals surface area contributed by atoms with Crippen LogP contribution in [0.2, 0.25) is 0 Å². The lowest BCUT2D eigenvalue weighted by molar-refractivity contribution is -0.113. The maximum Gasteiger partial charge on any atom is 0.234 e. The predicted octanol–water partition coefficient (Wildman–Crippen LogP) is 4.16. The number of hydrogen-bond acceptors (Lipinski definition) is 8. The molecule has 1 heterocycles. The summed E-state index contributed by atoms with van der Waals surface area (Å²) in [4.78, 5) is 23.5. The van der Waals surface area contributed by atoms with Gasteiger partial charge in [0.25, 0.3) is 0 Å². The van der Waals surface area contributed by atoms with Crippen molar-refractivity contribution in [2.24, 2.45) is 0 Å². The molecule has 3 aromatic rings. The fraction of sp³-hybridized carbons (Fsp3) is 0.200. The van der Waals surface area contributed by atoms with Gasteiger partial charge in [-0.15, -0.1) is 10.2 Å². The van der Waals surface area contributed by atoms with E-state index in [-0.39, 0.29) is 17.4 Å². The first-order chi connectivity index (χ1) is 14.0. The molecule has 0 bridgehead atoms. The minimum atomic E-state index is -0.162. The van der Waals surface area contributed by atoms with Gasteiger partial charge in [-0.2, -0.15) is 0 Å². The molecule has 0 aliphatic rings. The molecule has 0 fully saturated rings. The summed E-state index contributed by atoms with van der Waals surface area (Å²) < 4.78 is 11.2. The predicted molar refractivity (Wildman–Crippen MR) is 114 cm³/mol. The van der Waals surface area contributed by atoms with Gasteiger partial charge in [0.15, 0.2) is 10.1 Å². The Morgan fingerprint density at radius 1 is 1.03 bits per heavy atom. The Morgan fingerprint density at radius 2 is 1.69 bits per heavy atom. The Labute approximate surface area is 176 Å². The van der Waals surface area contributed by atoms with Crippen LogP contribution in [0.3, 0.4) is 0 Å². The van der Waals surface area contributed by atoms with Crippen molar-refractivity contribution in [2.45, 2.75) is 11.3 Å². The van der Waals surface area contributed by atoms with E-state index in [0.29, 0.717) is 32.1 Å². The van der Waals surface area contributed by atoms with Crippen molar-refractivity contribution in [2.75, 3.05) is 25.3 Å². The van der Waals surface area contributed by atoms with Crippen LogP contribution in [0.5, 0.6) is 11.5 Å². The first-order valence-corrected chi connectivity index (χ1v) is 10.4. The van der Waals surface area contributed by atoms with E-state index in [1.165, 1.54) is 30.0 Å². The smallest absolute Gasteiger partial charge is 0.234 e. The van der Waals surface area contributed by atoms with Crippen molar-refractivity contribution in [3.63, 3.8) is 0 Å². The minimum absolute atomic E-state index is 0.0147. The molecule has 9 heteroatoms. The topological polar surface area (TPSA) is 90.4 Å². The number of amides is 1. The van der Waals surface area contributed by atoms with Crippen molar-refractivity contribution in [3.8, 4) is 22.1 Å². The molecule has 0 atom stereocenters. The number of benzene rings is 2. The number of anilines is 1. The average molecular weight is 430 g/mol. The average Bonchev–Trinajstić information content (AvgIpc) is 3.21. The van der Waals surface area contributed by atoms with Gasteiger partial charge in [0, 0.05) is 22.9 Å². The van der Waals surface area contributed by atoms with Crippen LogP contribution in [0.4, 0.5) is 5.69 Å². The highest BCUT2D eigenvalue weighted by Gasteiger charge is 2.12. The molecule has 0 radical (unpaired) electrons. The van der Waals surface area contributed by atoms with Gasteiger partial charge in [0.05, 0.1) is 20.0 Å². The van der Waals surface area contributed by atoms with Gasteiger partial charge in [0.1, 0.15) is 16.5 Å². The maximum atomic E-state index is 12.2. The van der Waals surface area contributed by atoms with Crippen LogP contribution >= 0.6 is 23.1 Å². The van der Waals surface area contributed by atoms with E-state index in [4.69, 9.17) is 9.47 Å². The van der Waals surface area contributed by atoms with Gasteiger partial charge >= 0.3 is 0 Å². The van der Waals surface area contributed by atoms with E-state index in [1.807, 2.05) is 12.1 Å². The summed E-state index contributed by atoms with van der Waals surface area (Å²) in [7, 11) is 3.18. The summed E-state index contributed by atoms with van der Waals surface area (Å²) in [5.74, 6) is 1.35. The number of thioether (sulfide) groups is 1. The van der Waals surface area contributed by atoms with E-state index < -0.39 is 0 Å². The molecule has 1 N–H and O–H groups in total. The molecule has 1 amide bonds. The number of nitrogens with one attached hydrogen (secondary N) is 1. The SMILES string of the molecule is COc1cc(OC)cc(-c2nnc(SCC(=O)Nc3ccc(C(C)=O)cc3)s2)c1. The van der Waals surface area contributed by atoms with E-state index in [0.717, 1.165) is 5.56 Å². The Hall–Kier alpha value is -2.91. The van der Waals surface area contributed by atoms with Crippen molar-refractivity contribution < 1.29 is 19.1 Å². The number of carbonyl (C=O) groups excluding carboxylic acids is 2. The highest BCUT2D eigenvalue weighted by molar-refractivity contribution is 8.01. The molecule has 0 spiro atoms. The van der Waals surface area contributed by atoms with Gasteiger partial charge < -0.3 is 14.8 Å². The maximum absolute atomic E-state index is 12.2. The number of aromatic nitrogens is 2. The molecule has 0 unspecified atom stereocenters. The molecule has 3 rings (SSSR count).